The molecule has 0 saturated heterocycles. The van der Waals surface area contributed by atoms with Gasteiger partial charge in [-0.1, -0.05) is 91.0 Å². The minimum absolute atomic E-state index is 0.335. The third kappa shape index (κ3) is 5.03. The molecule has 0 bridgehead atoms. The highest BCUT2D eigenvalue weighted by Crippen LogP contribution is 2.45. The molecule has 37 heavy (non-hydrogen) atoms. The summed E-state index contributed by atoms with van der Waals surface area (Å²) in [5, 5.41) is 0. The van der Waals surface area contributed by atoms with Gasteiger partial charge in [0, 0.05) is 11.1 Å². The van der Waals surface area contributed by atoms with Crippen LogP contribution < -0.4 is 4.90 Å². The van der Waals surface area contributed by atoms with E-state index < -0.39 is 17.2 Å². The lowest BCUT2D eigenvalue weighted by Crippen LogP contribution is -2.39. The van der Waals surface area contributed by atoms with Crippen molar-refractivity contribution in [1.29, 1.82) is 0 Å². The molecule has 0 amide bonds. The lowest BCUT2D eigenvalue weighted by molar-refractivity contribution is 0.527. The Morgan fingerprint density at radius 3 is 1.65 bits per heavy atom. The van der Waals surface area contributed by atoms with Crippen molar-refractivity contribution in [2.75, 3.05) is 4.90 Å². The largest absolute Gasteiger partial charge is 0.331 e. The predicted octanol–water partition coefficient (Wildman–Crippen LogP) is 9.90. The van der Waals surface area contributed by atoms with E-state index in [1.54, 1.807) is 29.2 Å². The second-order valence-electron chi connectivity index (χ2n) is 10.1. The molecule has 0 aliphatic carbocycles. The van der Waals surface area contributed by atoms with Gasteiger partial charge >= 0.3 is 0 Å². The van der Waals surface area contributed by atoms with Crippen LogP contribution in [0.1, 0.15) is 20.8 Å². The lowest BCUT2D eigenvalue weighted by atomic mass is 9.92. The Bertz CT molecular complexity index is 1520. The molecule has 0 fully saturated rings. The molecule has 0 aliphatic heterocycles. The summed E-state index contributed by atoms with van der Waals surface area (Å²) < 4.78 is 31.5. The minimum Gasteiger partial charge on any atom is -0.331 e. The first-order valence-electron chi connectivity index (χ1n) is 12.4. The zero-order chi connectivity index (χ0) is 26.0. The highest BCUT2D eigenvalue weighted by Gasteiger charge is 2.31. The third-order valence-electron chi connectivity index (χ3n) is 6.44. The number of para-hydroxylation sites is 1. The van der Waals surface area contributed by atoms with E-state index in [0.717, 1.165) is 27.8 Å². The van der Waals surface area contributed by atoms with Crippen molar-refractivity contribution in [2.24, 2.45) is 0 Å². The summed E-state index contributed by atoms with van der Waals surface area (Å²) in [4.78, 5) is 1.77. The first-order chi connectivity index (χ1) is 17.8. The quantitative estimate of drug-likeness (QED) is 0.237. The van der Waals surface area contributed by atoms with Gasteiger partial charge in [-0.2, -0.15) is 0 Å². The van der Waals surface area contributed by atoms with Crippen LogP contribution in [0.5, 0.6) is 0 Å². The molecule has 0 radical (unpaired) electrons. The molecule has 5 rings (SSSR count). The Morgan fingerprint density at radius 2 is 1.03 bits per heavy atom. The number of hydrogen-bond donors (Lipinski definition) is 0. The molecule has 184 valence electrons. The highest BCUT2D eigenvalue weighted by atomic mass is 19.1. The van der Waals surface area contributed by atoms with Crippen molar-refractivity contribution in [3.8, 4) is 33.4 Å². The van der Waals surface area contributed by atoms with E-state index >= 15 is 8.78 Å². The molecule has 5 aromatic rings. The van der Waals surface area contributed by atoms with Crippen LogP contribution in [-0.4, -0.2) is 5.54 Å². The smallest absolute Gasteiger partial charge is 0.148 e. The van der Waals surface area contributed by atoms with Crippen LogP contribution in [0.3, 0.4) is 0 Å². The van der Waals surface area contributed by atoms with E-state index in [2.05, 4.69) is 18.2 Å². The predicted molar refractivity (Wildman–Crippen MR) is 151 cm³/mol. The lowest BCUT2D eigenvalue weighted by Gasteiger charge is -2.39. The third-order valence-corrected chi connectivity index (χ3v) is 6.44. The zero-order valence-corrected chi connectivity index (χ0v) is 21.3. The fourth-order valence-corrected chi connectivity index (χ4v) is 4.79. The van der Waals surface area contributed by atoms with Gasteiger partial charge in [0.1, 0.15) is 11.6 Å². The molecule has 1 nitrogen and oxygen atoms in total. The molecule has 0 unspecified atom stereocenters. The van der Waals surface area contributed by atoms with Crippen molar-refractivity contribution in [1.82, 2.24) is 0 Å². The summed E-state index contributed by atoms with van der Waals surface area (Å²) in [5.74, 6) is -0.799. The van der Waals surface area contributed by atoms with Crippen LogP contribution in [0.2, 0.25) is 0 Å². The van der Waals surface area contributed by atoms with Gasteiger partial charge in [0.05, 0.1) is 11.4 Å². The van der Waals surface area contributed by atoms with Gasteiger partial charge in [-0.25, -0.2) is 8.78 Å². The van der Waals surface area contributed by atoms with Crippen LogP contribution in [0.25, 0.3) is 33.4 Å². The van der Waals surface area contributed by atoms with Gasteiger partial charge < -0.3 is 4.90 Å². The molecule has 0 aliphatic rings. The van der Waals surface area contributed by atoms with E-state index in [9.17, 15) is 0 Å². The van der Waals surface area contributed by atoms with Crippen LogP contribution in [0.4, 0.5) is 20.2 Å². The van der Waals surface area contributed by atoms with Crippen LogP contribution in [-0.2, 0) is 0 Å². The van der Waals surface area contributed by atoms with Crippen LogP contribution in [0.15, 0.2) is 121 Å². The topological polar surface area (TPSA) is 3.24 Å². The maximum absolute atomic E-state index is 16.3. The van der Waals surface area contributed by atoms with Crippen molar-refractivity contribution in [2.45, 2.75) is 26.3 Å². The van der Waals surface area contributed by atoms with Gasteiger partial charge in [0.2, 0.25) is 0 Å². The van der Waals surface area contributed by atoms with Crippen molar-refractivity contribution in [3.05, 3.63) is 133 Å². The van der Waals surface area contributed by atoms with Crippen LogP contribution >= 0.6 is 0 Å². The number of halogens is 2. The highest BCUT2D eigenvalue weighted by molar-refractivity contribution is 5.89. The number of rotatable bonds is 5. The fourth-order valence-electron chi connectivity index (χ4n) is 4.79. The van der Waals surface area contributed by atoms with Crippen molar-refractivity contribution < 1.29 is 8.78 Å². The summed E-state index contributed by atoms with van der Waals surface area (Å²) in [7, 11) is 0. The number of benzene rings is 5. The Kier molecular flexibility index (Phi) is 6.62. The van der Waals surface area contributed by atoms with Gasteiger partial charge in [-0.3, -0.25) is 0 Å². The average molecular weight is 490 g/mol. The molecule has 0 aromatic heterocycles. The number of hydrogen-bond acceptors (Lipinski definition) is 1. The Morgan fingerprint density at radius 1 is 0.486 bits per heavy atom. The van der Waals surface area contributed by atoms with E-state index in [4.69, 9.17) is 0 Å². The van der Waals surface area contributed by atoms with Gasteiger partial charge in [-0.05, 0) is 78.9 Å². The molecule has 0 atom stereocenters. The molecule has 0 saturated carbocycles. The standard InChI is InChI=1S/C34H29F2N/c1-34(2,3)37(32-20-11-10-19-30(32)35)33-29(22-28(23-31(33)36)25-15-8-5-9-16-25)27-18-12-17-26(21-27)24-13-6-4-7-14-24/h4-23H,1-3H3. The Balaban J connectivity index is 1.80. The van der Waals surface area contributed by atoms with Crippen molar-refractivity contribution in [3.63, 3.8) is 0 Å². The van der Waals surface area contributed by atoms with E-state index in [-0.39, 0.29) is 0 Å². The average Bonchev–Trinajstić information content (AvgIpc) is 2.91. The SMILES string of the molecule is CC(C)(C)N(c1ccccc1F)c1c(F)cc(-c2ccccc2)cc1-c1cccc(-c2ccccc2)c1. The molecule has 5 aromatic carbocycles. The minimum atomic E-state index is -0.608. The van der Waals surface area contributed by atoms with E-state index in [1.165, 1.54) is 6.07 Å². The monoisotopic (exact) mass is 489 g/mol. The number of nitrogens with zero attached hydrogens (tertiary/aromatic N) is 1. The summed E-state index contributed by atoms with van der Waals surface area (Å²) in [5.41, 5.74) is 5.43. The first kappa shape index (κ1) is 24.5. The number of anilines is 2. The summed E-state index contributed by atoms with van der Waals surface area (Å²) in [6.07, 6.45) is 0. The van der Waals surface area contributed by atoms with Crippen molar-refractivity contribution >= 4 is 11.4 Å². The van der Waals surface area contributed by atoms with E-state index in [0.29, 0.717) is 16.9 Å². The molecular weight excluding hydrogens is 460 g/mol. The second kappa shape index (κ2) is 10.0. The van der Waals surface area contributed by atoms with Gasteiger partial charge in [-0.15, -0.1) is 0 Å². The Labute approximate surface area is 217 Å². The van der Waals surface area contributed by atoms with Gasteiger partial charge in [0.15, 0.2) is 0 Å². The maximum atomic E-state index is 16.3. The first-order valence-corrected chi connectivity index (χ1v) is 12.4. The molecule has 0 spiro atoms. The molecular formula is C34H29F2N. The maximum Gasteiger partial charge on any atom is 0.148 e. The summed E-state index contributed by atoms with van der Waals surface area (Å²) >= 11 is 0. The van der Waals surface area contributed by atoms with Gasteiger partial charge in [0.25, 0.3) is 0 Å². The fraction of sp³-hybridized carbons (Fsp3) is 0.118. The molecule has 0 N–H and O–H groups in total. The summed E-state index contributed by atoms with van der Waals surface area (Å²) in [6, 6.07) is 38.1. The second-order valence-corrected chi connectivity index (χ2v) is 10.1. The molecule has 0 heterocycles. The normalized spacial score (nSPS) is 11.4. The summed E-state index contributed by atoms with van der Waals surface area (Å²) in [6.45, 7) is 5.90. The Hall–Kier alpha value is -4.24. The van der Waals surface area contributed by atoms with E-state index in [1.807, 2.05) is 93.6 Å². The zero-order valence-electron chi connectivity index (χ0n) is 21.3. The molecule has 3 heteroatoms. The van der Waals surface area contributed by atoms with Crippen LogP contribution in [0, 0.1) is 11.6 Å².